The zero-order valence-corrected chi connectivity index (χ0v) is 15.7. The molecular formula is C21H23N3O4. The Kier molecular flexibility index (Phi) is 7.03. The number of nitrogens with zero attached hydrogens (tertiary/aromatic N) is 3. The van der Waals surface area contributed by atoms with Gasteiger partial charge in [0, 0.05) is 10.8 Å². The Morgan fingerprint density at radius 1 is 1.18 bits per heavy atom. The molecule has 0 amide bonds. The Labute approximate surface area is 163 Å². The standard InChI is InChI=1S/C21H23N3O4/c1-15-19(14-28-21(25)17-10-6-3-7-11-17)26-13-18(23-24-22)20(15)27-12-16-8-4-2-5-9-16/h2-11,15,18-20H,12-14H2,1H3/t15?,18-,19?,20-/m1/s1. The Bertz CT molecular complexity index is 809. The second kappa shape index (κ2) is 9.90. The third-order valence-corrected chi connectivity index (χ3v) is 4.84. The van der Waals surface area contributed by atoms with Crippen molar-refractivity contribution >= 4 is 5.97 Å². The highest BCUT2D eigenvalue weighted by Crippen LogP contribution is 2.27. The van der Waals surface area contributed by atoms with Crippen molar-refractivity contribution in [3.63, 3.8) is 0 Å². The largest absolute Gasteiger partial charge is 0.459 e. The van der Waals surface area contributed by atoms with Crippen LogP contribution in [-0.4, -0.2) is 37.4 Å². The molecule has 146 valence electrons. The summed E-state index contributed by atoms with van der Waals surface area (Å²) >= 11 is 0. The normalized spacial score (nSPS) is 24.2. The SMILES string of the molecule is CC1C(COC(=O)c2ccccc2)OC[C@@H](N=[N+]=[N-])[C@@H]1OCc1ccccc1. The number of esters is 1. The maximum Gasteiger partial charge on any atom is 0.338 e. The highest BCUT2D eigenvalue weighted by Gasteiger charge is 2.38. The second-order valence-electron chi connectivity index (χ2n) is 6.73. The fourth-order valence-electron chi connectivity index (χ4n) is 3.24. The first-order chi connectivity index (χ1) is 13.7. The molecule has 0 saturated carbocycles. The van der Waals surface area contributed by atoms with Crippen molar-refractivity contribution in [3.8, 4) is 0 Å². The maximum atomic E-state index is 12.2. The van der Waals surface area contributed by atoms with E-state index >= 15 is 0 Å². The van der Waals surface area contributed by atoms with Crippen molar-refractivity contribution in [2.45, 2.75) is 31.8 Å². The molecule has 1 heterocycles. The smallest absolute Gasteiger partial charge is 0.338 e. The molecule has 1 aliphatic heterocycles. The number of azide groups is 1. The monoisotopic (exact) mass is 381 g/mol. The minimum absolute atomic E-state index is 0.114. The lowest BCUT2D eigenvalue weighted by atomic mass is 9.90. The van der Waals surface area contributed by atoms with Crippen molar-refractivity contribution in [2.75, 3.05) is 13.2 Å². The third kappa shape index (κ3) is 5.10. The summed E-state index contributed by atoms with van der Waals surface area (Å²) < 4.78 is 17.3. The molecule has 0 bridgehead atoms. The minimum atomic E-state index is -0.426. The van der Waals surface area contributed by atoms with Crippen molar-refractivity contribution < 1.29 is 19.0 Å². The van der Waals surface area contributed by atoms with Crippen LogP contribution in [0.1, 0.15) is 22.8 Å². The number of carbonyl (C=O) groups excluding carboxylic acids is 1. The van der Waals surface area contributed by atoms with Crippen molar-refractivity contribution in [1.29, 1.82) is 0 Å². The molecular weight excluding hydrogens is 358 g/mol. The molecule has 0 spiro atoms. The Morgan fingerprint density at radius 3 is 2.54 bits per heavy atom. The molecule has 0 N–H and O–H groups in total. The first-order valence-corrected chi connectivity index (χ1v) is 9.22. The molecule has 2 unspecified atom stereocenters. The van der Waals surface area contributed by atoms with E-state index in [1.54, 1.807) is 24.3 Å². The number of hydrogen-bond donors (Lipinski definition) is 0. The van der Waals surface area contributed by atoms with E-state index in [1.807, 2.05) is 43.3 Å². The summed E-state index contributed by atoms with van der Waals surface area (Å²) in [5.74, 6) is -0.508. The molecule has 2 aromatic rings. The zero-order valence-electron chi connectivity index (χ0n) is 15.7. The summed E-state index contributed by atoms with van der Waals surface area (Å²) in [5.41, 5.74) is 10.4. The van der Waals surface area contributed by atoms with Gasteiger partial charge in [0.05, 0.1) is 37.0 Å². The van der Waals surface area contributed by atoms with E-state index in [9.17, 15) is 4.79 Å². The molecule has 28 heavy (non-hydrogen) atoms. The van der Waals surface area contributed by atoms with Gasteiger partial charge in [-0.2, -0.15) is 0 Å². The lowest BCUT2D eigenvalue weighted by Gasteiger charge is -2.39. The van der Waals surface area contributed by atoms with Crippen molar-refractivity contribution in [3.05, 3.63) is 82.2 Å². The van der Waals surface area contributed by atoms with Gasteiger partial charge in [0.15, 0.2) is 0 Å². The van der Waals surface area contributed by atoms with Gasteiger partial charge in [0.1, 0.15) is 6.61 Å². The van der Waals surface area contributed by atoms with Gasteiger partial charge in [0.2, 0.25) is 0 Å². The Morgan fingerprint density at radius 2 is 1.86 bits per heavy atom. The highest BCUT2D eigenvalue weighted by molar-refractivity contribution is 5.89. The van der Waals surface area contributed by atoms with Gasteiger partial charge >= 0.3 is 5.97 Å². The molecule has 0 aromatic heterocycles. The minimum Gasteiger partial charge on any atom is -0.459 e. The molecule has 3 rings (SSSR count). The van der Waals surface area contributed by atoms with Crippen LogP contribution in [0.2, 0.25) is 0 Å². The maximum absolute atomic E-state index is 12.2. The van der Waals surface area contributed by atoms with Crippen molar-refractivity contribution in [1.82, 2.24) is 0 Å². The topological polar surface area (TPSA) is 93.5 Å². The van der Waals surface area contributed by atoms with Crippen molar-refractivity contribution in [2.24, 2.45) is 11.0 Å². The summed E-state index contributed by atoms with van der Waals surface area (Å²) in [6.07, 6.45) is -0.663. The fourth-order valence-corrected chi connectivity index (χ4v) is 3.24. The van der Waals surface area contributed by atoms with Gasteiger partial charge in [-0.05, 0) is 23.2 Å². The molecule has 1 fully saturated rings. The summed E-state index contributed by atoms with van der Waals surface area (Å²) in [5, 5.41) is 3.83. The second-order valence-corrected chi connectivity index (χ2v) is 6.73. The van der Waals surface area contributed by atoms with Crippen LogP contribution in [-0.2, 0) is 20.8 Å². The quantitative estimate of drug-likeness (QED) is 0.312. The van der Waals surface area contributed by atoms with E-state index in [-0.39, 0.29) is 31.3 Å². The Balaban J connectivity index is 1.61. The number of benzene rings is 2. The summed E-state index contributed by atoms with van der Waals surface area (Å²) in [6.45, 7) is 2.70. The van der Waals surface area contributed by atoms with Gasteiger partial charge < -0.3 is 14.2 Å². The van der Waals surface area contributed by atoms with Gasteiger partial charge in [-0.1, -0.05) is 60.6 Å². The van der Waals surface area contributed by atoms with E-state index in [0.717, 1.165) is 5.56 Å². The summed E-state index contributed by atoms with van der Waals surface area (Å²) in [7, 11) is 0. The zero-order chi connectivity index (χ0) is 19.8. The first kappa shape index (κ1) is 19.9. The molecule has 0 aliphatic carbocycles. The number of rotatable bonds is 7. The predicted octanol–water partition coefficient (Wildman–Crippen LogP) is 4.14. The fraction of sp³-hybridized carbons (Fsp3) is 0.381. The lowest BCUT2D eigenvalue weighted by molar-refractivity contribution is -0.140. The van der Waals surface area contributed by atoms with Gasteiger partial charge in [-0.3, -0.25) is 0 Å². The molecule has 1 aliphatic rings. The number of carbonyl (C=O) groups is 1. The molecule has 2 aromatic carbocycles. The van der Waals surface area contributed by atoms with Crippen LogP contribution in [0.4, 0.5) is 0 Å². The predicted molar refractivity (Wildman–Crippen MR) is 104 cm³/mol. The van der Waals surface area contributed by atoms with Crippen LogP contribution in [0.25, 0.3) is 10.4 Å². The molecule has 7 heteroatoms. The van der Waals surface area contributed by atoms with E-state index in [2.05, 4.69) is 10.0 Å². The van der Waals surface area contributed by atoms with Crippen LogP contribution >= 0.6 is 0 Å². The number of ether oxygens (including phenoxy) is 3. The molecule has 4 atom stereocenters. The van der Waals surface area contributed by atoms with Crippen LogP contribution < -0.4 is 0 Å². The lowest BCUT2D eigenvalue weighted by Crippen LogP contribution is -2.50. The summed E-state index contributed by atoms with van der Waals surface area (Å²) in [6, 6.07) is 18.2. The first-order valence-electron chi connectivity index (χ1n) is 9.22. The van der Waals surface area contributed by atoms with Gasteiger partial charge in [0.25, 0.3) is 0 Å². The van der Waals surface area contributed by atoms with Gasteiger partial charge in [-0.25, -0.2) is 4.79 Å². The van der Waals surface area contributed by atoms with E-state index in [0.29, 0.717) is 12.2 Å². The average Bonchev–Trinajstić information content (AvgIpc) is 2.74. The molecule has 7 nitrogen and oxygen atoms in total. The van der Waals surface area contributed by atoms with Crippen LogP contribution in [0.3, 0.4) is 0 Å². The van der Waals surface area contributed by atoms with Crippen LogP contribution in [0, 0.1) is 5.92 Å². The molecule has 1 saturated heterocycles. The van der Waals surface area contributed by atoms with E-state index in [4.69, 9.17) is 19.7 Å². The van der Waals surface area contributed by atoms with Gasteiger partial charge in [-0.15, -0.1) is 0 Å². The number of hydrogen-bond acceptors (Lipinski definition) is 5. The van der Waals surface area contributed by atoms with E-state index < -0.39 is 12.0 Å². The average molecular weight is 381 g/mol. The Hall–Kier alpha value is -2.86. The highest BCUT2D eigenvalue weighted by atomic mass is 16.6. The third-order valence-electron chi connectivity index (χ3n) is 4.84. The van der Waals surface area contributed by atoms with Crippen LogP contribution in [0.15, 0.2) is 65.8 Å². The summed E-state index contributed by atoms with van der Waals surface area (Å²) in [4.78, 5) is 15.1. The molecule has 0 radical (unpaired) electrons. The van der Waals surface area contributed by atoms with E-state index in [1.165, 1.54) is 0 Å². The van der Waals surface area contributed by atoms with Crippen LogP contribution in [0.5, 0.6) is 0 Å².